The smallest absolute Gasteiger partial charge is 0.214 e. The third kappa shape index (κ3) is 7.56. The van der Waals surface area contributed by atoms with Crippen LogP contribution < -0.4 is 15.4 Å². The first-order chi connectivity index (χ1) is 13.7. The molecule has 1 aliphatic heterocycles. The van der Waals surface area contributed by atoms with E-state index >= 15 is 0 Å². The lowest BCUT2D eigenvalue weighted by Gasteiger charge is -2.33. The zero-order chi connectivity index (χ0) is 21.5. The third-order valence-electron chi connectivity index (χ3n) is 5.42. The molecule has 1 aromatic rings. The van der Waals surface area contributed by atoms with Crippen molar-refractivity contribution < 1.29 is 13.2 Å². The summed E-state index contributed by atoms with van der Waals surface area (Å²) >= 11 is 0. The molecule has 30 heavy (non-hydrogen) atoms. The van der Waals surface area contributed by atoms with E-state index in [9.17, 15) is 8.42 Å². The van der Waals surface area contributed by atoms with Crippen molar-refractivity contribution in [3.05, 3.63) is 29.8 Å². The molecule has 0 spiro atoms. The van der Waals surface area contributed by atoms with Gasteiger partial charge in [0.25, 0.3) is 0 Å². The molecule has 1 heterocycles. The lowest BCUT2D eigenvalue weighted by molar-refractivity contribution is 0.305. The molecule has 0 aliphatic carbocycles. The highest BCUT2D eigenvalue weighted by molar-refractivity contribution is 14.0. The maximum Gasteiger partial charge on any atom is 0.214 e. The molecule has 1 saturated heterocycles. The number of methoxy groups -OCH3 is 1. The van der Waals surface area contributed by atoms with Crippen molar-refractivity contribution >= 4 is 40.0 Å². The van der Waals surface area contributed by atoms with Crippen LogP contribution in [-0.4, -0.2) is 64.3 Å². The van der Waals surface area contributed by atoms with Crippen molar-refractivity contribution in [1.82, 2.24) is 14.9 Å². The zero-order valence-corrected chi connectivity index (χ0v) is 21.9. The molecule has 0 unspecified atom stereocenters. The molecule has 0 bridgehead atoms. The number of piperidine rings is 1. The van der Waals surface area contributed by atoms with Gasteiger partial charge in [-0.1, -0.05) is 32.9 Å². The van der Waals surface area contributed by atoms with Crippen molar-refractivity contribution in [2.75, 3.05) is 39.5 Å². The molecule has 1 aliphatic rings. The van der Waals surface area contributed by atoms with Gasteiger partial charge in [-0.2, -0.15) is 0 Å². The number of hydrogen-bond acceptors (Lipinski definition) is 4. The molecule has 172 valence electrons. The number of sulfonamides is 1. The van der Waals surface area contributed by atoms with E-state index in [1.54, 1.807) is 18.5 Å². The predicted octanol–water partition coefficient (Wildman–Crippen LogP) is 2.96. The fourth-order valence-electron chi connectivity index (χ4n) is 3.50. The number of nitrogens with one attached hydrogen (secondary N) is 2. The molecule has 1 fully saturated rings. The van der Waals surface area contributed by atoms with Crippen LogP contribution >= 0.6 is 24.0 Å². The topological polar surface area (TPSA) is 83.0 Å². The molecule has 1 aromatic carbocycles. The molecule has 9 heteroatoms. The summed E-state index contributed by atoms with van der Waals surface area (Å²) in [5.74, 6) is 1.83. The van der Waals surface area contributed by atoms with Crippen LogP contribution in [0.25, 0.3) is 0 Å². The van der Waals surface area contributed by atoms with Crippen LogP contribution in [0.3, 0.4) is 0 Å². The van der Waals surface area contributed by atoms with Gasteiger partial charge in [0.05, 0.1) is 12.9 Å². The Bertz CT molecular complexity index is 791. The Hall–Kier alpha value is -1.07. The van der Waals surface area contributed by atoms with Crippen LogP contribution in [0.2, 0.25) is 0 Å². The predicted molar refractivity (Wildman–Crippen MR) is 135 cm³/mol. The monoisotopic (exact) mass is 552 g/mol. The number of benzene rings is 1. The third-order valence-corrected chi connectivity index (χ3v) is 7.50. The standard InChI is InChI=1S/C21H36N4O3S.HI/c1-6-14-29(26,27)25-12-10-18(11-13-25)24-20(22-4)23-16-21(2,3)17-8-7-9-19(15-17)28-5;/h7-9,15,18H,6,10-14,16H2,1-5H3,(H2,22,23,24);1H. The summed E-state index contributed by atoms with van der Waals surface area (Å²) in [4.78, 5) is 4.35. The molecular formula is C21H37IN4O3S. The SMILES string of the molecule is CCCS(=O)(=O)N1CCC(NC(=NC)NCC(C)(C)c2cccc(OC)c2)CC1.I. The molecule has 0 amide bonds. The number of aliphatic imine (C=N–C) groups is 1. The maximum absolute atomic E-state index is 12.2. The second-order valence-electron chi connectivity index (χ2n) is 8.18. The van der Waals surface area contributed by atoms with Crippen molar-refractivity contribution in [2.45, 2.75) is 51.5 Å². The molecule has 0 radical (unpaired) electrons. The Morgan fingerprint density at radius 1 is 1.30 bits per heavy atom. The highest BCUT2D eigenvalue weighted by Gasteiger charge is 2.28. The fourth-order valence-corrected chi connectivity index (χ4v) is 5.05. The summed E-state index contributed by atoms with van der Waals surface area (Å²) in [6.07, 6.45) is 2.21. The van der Waals surface area contributed by atoms with Crippen LogP contribution in [0.4, 0.5) is 0 Å². The molecule has 2 N–H and O–H groups in total. The molecule has 7 nitrogen and oxygen atoms in total. The van der Waals surface area contributed by atoms with Crippen LogP contribution in [0.15, 0.2) is 29.3 Å². The average molecular weight is 553 g/mol. The molecule has 0 saturated carbocycles. The Kier molecular flexibility index (Phi) is 10.9. The van der Waals surface area contributed by atoms with Crippen LogP contribution in [0.5, 0.6) is 5.75 Å². The van der Waals surface area contributed by atoms with E-state index in [2.05, 4.69) is 41.6 Å². The Morgan fingerprint density at radius 3 is 2.53 bits per heavy atom. The highest BCUT2D eigenvalue weighted by atomic mass is 127. The van der Waals surface area contributed by atoms with Gasteiger partial charge in [0, 0.05) is 38.1 Å². The lowest BCUT2D eigenvalue weighted by Crippen LogP contribution is -2.51. The van der Waals surface area contributed by atoms with Gasteiger partial charge < -0.3 is 15.4 Å². The molecule has 0 atom stereocenters. The first-order valence-electron chi connectivity index (χ1n) is 10.3. The summed E-state index contributed by atoms with van der Waals surface area (Å²) in [5, 5.41) is 6.87. The van der Waals surface area contributed by atoms with Crippen molar-refractivity contribution in [2.24, 2.45) is 4.99 Å². The van der Waals surface area contributed by atoms with Gasteiger partial charge in [0.2, 0.25) is 10.0 Å². The van der Waals surface area contributed by atoms with E-state index < -0.39 is 10.0 Å². The minimum atomic E-state index is -3.11. The van der Waals surface area contributed by atoms with Gasteiger partial charge >= 0.3 is 0 Å². The highest BCUT2D eigenvalue weighted by Crippen LogP contribution is 2.25. The van der Waals surface area contributed by atoms with Crippen LogP contribution in [0, 0.1) is 0 Å². The quantitative estimate of drug-likeness (QED) is 0.295. The summed E-state index contributed by atoms with van der Waals surface area (Å²) < 4.78 is 31.4. The summed E-state index contributed by atoms with van der Waals surface area (Å²) in [7, 11) is 0.327. The van der Waals surface area contributed by atoms with Crippen molar-refractivity contribution in [1.29, 1.82) is 0 Å². The second-order valence-corrected chi connectivity index (χ2v) is 10.3. The van der Waals surface area contributed by atoms with E-state index in [1.165, 1.54) is 5.56 Å². The summed E-state index contributed by atoms with van der Waals surface area (Å²) in [6.45, 7) is 8.09. The van der Waals surface area contributed by atoms with Gasteiger partial charge in [-0.15, -0.1) is 24.0 Å². The Morgan fingerprint density at radius 2 is 1.97 bits per heavy atom. The molecule has 2 rings (SSSR count). The number of ether oxygens (including phenoxy) is 1. The maximum atomic E-state index is 12.2. The number of nitrogens with zero attached hydrogens (tertiary/aromatic N) is 2. The van der Waals surface area contributed by atoms with Gasteiger partial charge in [-0.3, -0.25) is 4.99 Å². The van der Waals surface area contributed by atoms with Gasteiger partial charge in [0.15, 0.2) is 5.96 Å². The van der Waals surface area contributed by atoms with E-state index in [0.717, 1.165) is 24.6 Å². The normalized spacial score (nSPS) is 16.6. The zero-order valence-electron chi connectivity index (χ0n) is 18.8. The molecule has 0 aromatic heterocycles. The lowest BCUT2D eigenvalue weighted by atomic mass is 9.84. The van der Waals surface area contributed by atoms with Crippen LogP contribution in [0.1, 0.15) is 45.6 Å². The number of hydrogen-bond donors (Lipinski definition) is 2. The Labute approximate surface area is 199 Å². The number of rotatable bonds is 8. The Balaban J connectivity index is 0.00000450. The van der Waals surface area contributed by atoms with E-state index in [0.29, 0.717) is 26.1 Å². The van der Waals surface area contributed by atoms with Gasteiger partial charge in [-0.25, -0.2) is 12.7 Å². The van der Waals surface area contributed by atoms with E-state index in [-0.39, 0.29) is 41.2 Å². The minimum Gasteiger partial charge on any atom is -0.497 e. The van der Waals surface area contributed by atoms with E-state index in [4.69, 9.17) is 4.74 Å². The number of guanidine groups is 1. The first kappa shape index (κ1) is 27.0. The summed E-state index contributed by atoms with van der Waals surface area (Å²) in [5.41, 5.74) is 1.08. The number of halogens is 1. The largest absolute Gasteiger partial charge is 0.497 e. The second kappa shape index (κ2) is 12.1. The first-order valence-corrected chi connectivity index (χ1v) is 11.9. The van der Waals surface area contributed by atoms with Crippen molar-refractivity contribution in [3.8, 4) is 5.75 Å². The van der Waals surface area contributed by atoms with Crippen LogP contribution in [-0.2, 0) is 15.4 Å². The van der Waals surface area contributed by atoms with Gasteiger partial charge in [0.1, 0.15) is 5.75 Å². The fraction of sp³-hybridized carbons (Fsp3) is 0.667. The summed E-state index contributed by atoms with van der Waals surface area (Å²) in [6, 6.07) is 8.33. The van der Waals surface area contributed by atoms with E-state index in [1.807, 2.05) is 19.1 Å². The minimum absolute atomic E-state index is 0. The van der Waals surface area contributed by atoms with Gasteiger partial charge in [-0.05, 0) is 37.0 Å². The molecular weight excluding hydrogens is 515 g/mol. The average Bonchev–Trinajstić information content (AvgIpc) is 2.71. The van der Waals surface area contributed by atoms with Crippen molar-refractivity contribution in [3.63, 3.8) is 0 Å².